The summed E-state index contributed by atoms with van der Waals surface area (Å²) in [5.74, 6) is -3.07. The van der Waals surface area contributed by atoms with E-state index in [2.05, 4.69) is 10.6 Å². The lowest BCUT2D eigenvalue weighted by molar-refractivity contribution is -0.137. The minimum Gasteiger partial charge on any atom is -0.481 e. The minimum atomic E-state index is -1.09. The van der Waals surface area contributed by atoms with Crippen LogP contribution in [0.25, 0.3) is 0 Å². The van der Waals surface area contributed by atoms with E-state index >= 15 is 0 Å². The van der Waals surface area contributed by atoms with E-state index in [-0.39, 0.29) is 24.7 Å². The number of amides is 3. The molecule has 8 nitrogen and oxygen atoms in total. The highest BCUT2D eigenvalue weighted by molar-refractivity contribution is 5.91. The predicted octanol–water partition coefficient (Wildman–Crippen LogP) is -1.02. The van der Waals surface area contributed by atoms with Gasteiger partial charge >= 0.3 is 5.97 Å². The van der Waals surface area contributed by atoms with E-state index < -0.39 is 29.9 Å². The summed E-state index contributed by atoms with van der Waals surface area (Å²) >= 11 is 0. The van der Waals surface area contributed by atoms with E-state index in [1.807, 2.05) is 0 Å². The molecule has 8 heteroatoms. The van der Waals surface area contributed by atoms with Crippen LogP contribution in [0, 0.1) is 5.92 Å². The molecule has 0 aromatic rings. The van der Waals surface area contributed by atoms with Crippen LogP contribution in [0.4, 0.5) is 0 Å². The smallest absolute Gasteiger partial charge is 0.303 e. The molecule has 0 saturated carbocycles. The molecule has 0 aliphatic carbocycles. The lowest BCUT2D eigenvalue weighted by Gasteiger charge is -2.19. The van der Waals surface area contributed by atoms with E-state index in [0.717, 1.165) is 0 Å². The summed E-state index contributed by atoms with van der Waals surface area (Å²) in [6, 6.07) is -1.91. The van der Waals surface area contributed by atoms with Crippen LogP contribution in [-0.4, -0.2) is 40.9 Å². The maximum absolute atomic E-state index is 11.8. The Kier molecular flexibility index (Phi) is 7.27. The molecule has 0 aromatic heterocycles. The number of aliphatic carboxylic acids is 1. The summed E-state index contributed by atoms with van der Waals surface area (Å²) in [6.45, 7) is 4.82. The van der Waals surface area contributed by atoms with Crippen molar-refractivity contribution in [2.45, 2.75) is 45.7 Å². The Bertz CT molecular complexity index is 395. The number of primary amides is 1. The van der Waals surface area contributed by atoms with E-state index in [4.69, 9.17) is 10.8 Å². The molecule has 0 spiro atoms. The van der Waals surface area contributed by atoms with Gasteiger partial charge in [-0.3, -0.25) is 19.2 Å². The molecule has 0 aliphatic heterocycles. The number of hydrogen-bond acceptors (Lipinski definition) is 4. The second kappa shape index (κ2) is 8.13. The van der Waals surface area contributed by atoms with Crippen LogP contribution in [0.2, 0.25) is 0 Å². The highest BCUT2D eigenvalue weighted by Gasteiger charge is 2.23. The van der Waals surface area contributed by atoms with Crippen molar-refractivity contribution in [3.8, 4) is 0 Å². The fourth-order valence-electron chi connectivity index (χ4n) is 1.30. The number of carboxylic acids is 1. The molecular formula is C12H21N3O5. The van der Waals surface area contributed by atoms with Gasteiger partial charge in [-0.2, -0.15) is 0 Å². The highest BCUT2D eigenvalue weighted by Crippen LogP contribution is 1.99. The standard InChI is InChI=1S/C12H21N3O5/c1-6(2)11(19)14-7(3)12(20)15-8(10(13)18)4-5-9(16)17/h6-8H,4-5H2,1-3H3,(H2,13,18)(H,14,19)(H,15,20)(H,16,17)/t7-,8+/m0/s1. The molecule has 0 aliphatic rings. The van der Waals surface area contributed by atoms with Gasteiger partial charge in [0, 0.05) is 12.3 Å². The molecule has 0 rings (SSSR count). The van der Waals surface area contributed by atoms with Gasteiger partial charge in [0.15, 0.2) is 0 Å². The molecule has 0 saturated heterocycles. The van der Waals surface area contributed by atoms with E-state index in [9.17, 15) is 19.2 Å². The zero-order chi connectivity index (χ0) is 15.9. The van der Waals surface area contributed by atoms with Crippen LogP contribution in [0.5, 0.6) is 0 Å². The summed E-state index contributed by atoms with van der Waals surface area (Å²) in [5, 5.41) is 13.3. The Morgan fingerprint density at radius 1 is 1.05 bits per heavy atom. The quantitative estimate of drug-likeness (QED) is 0.452. The molecule has 0 unspecified atom stereocenters. The van der Waals surface area contributed by atoms with Crippen molar-refractivity contribution in [3.05, 3.63) is 0 Å². The molecule has 20 heavy (non-hydrogen) atoms. The van der Waals surface area contributed by atoms with Crippen LogP contribution < -0.4 is 16.4 Å². The van der Waals surface area contributed by atoms with Gasteiger partial charge in [-0.15, -0.1) is 0 Å². The summed E-state index contributed by atoms with van der Waals surface area (Å²) in [6.07, 6.45) is -0.387. The highest BCUT2D eigenvalue weighted by atomic mass is 16.4. The molecule has 0 aromatic carbocycles. The molecular weight excluding hydrogens is 266 g/mol. The zero-order valence-electron chi connectivity index (χ0n) is 11.8. The maximum Gasteiger partial charge on any atom is 0.303 e. The van der Waals surface area contributed by atoms with Gasteiger partial charge in [-0.05, 0) is 13.3 Å². The third-order valence-corrected chi connectivity index (χ3v) is 2.58. The fraction of sp³-hybridized carbons (Fsp3) is 0.667. The van der Waals surface area contributed by atoms with Gasteiger partial charge in [0.25, 0.3) is 0 Å². The number of carbonyl (C=O) groups is 4. The summed E-state index contributed by atoms with van der Waals surface area (Å²) in [4.78, 5) is 44.8. The number of nitrogens with two attached hydrogens (primary N) is 1. The molecule has 114 valence electrons. The average Bonchev–Trinajstić information content (AvgIpc) is 2.32. The first-order valence-electron chi connectivity index (χ1n) is 6.27. The van der Waals surface area contributed by atoms with Crippen molar-refractivity contribution < 1.29 is 24.3 Å². The van der Waals surface area contributed by atoms with Gasteiger partial charge in [0.2, 0.25) is 17.7 Å². The zero-order valence-corrected chi connectivity index (χ0v) is 11.8. The van der Waals surface area contributed by atoms with Gasteiger partial charge in [0.05, 0.1) is 0 Å². The van der Waals surface area contributed by atoms with Crippen LogP contribution in [-0.2, 0) is 19.2 Å². The van der Waals surface area contributed by atoms with E-state index in [1.165, 1.54) is 6.92 Å². The lowest BCUT2D eigenvalue weighted by atomic mass is 10.1. The Morgan fingerprint density at radius 2 is 1.60 bits per heavy atom. The second-order valence-corrected chi connectivity index (χ2v) is 4.78. The molecule has 0 heterocycles. The molecule has 5 N–H and O–H groups in total. The van der Waals surface area contributed by atoms with Gasteiger partial charge in [-0.25, -0.2) is 0 Å². The first kappa shape index (κ1) is 17.9. The normalized spacial score (nSPS) is 13.4. The van der Waals surface area contributed by atoms with Gasteiger partial charge in [-0.1, -0.05) is 13.8 Å². The number of hydrogen-bond donors (Lipinski definition) is 4. The van der Waals surface area contributed by atoms with Crippen molar-refractivity contribution >= 4 is 23.7 Å². The van der Waals surface area contributed by atoms with Crippen molar-refractivity contribution in [3.63, 3.8) is 0 Å². The molecule has 0 bridgehead atoms. The topological polar surface area (TPSA) is 139 Å². The minimum absolute atomic E-state index is 0.0960. The van der Waals surface area contributed by atoms with Crippen molar-refractivity contribution in [1.82, 2.24) is 10.6 Å². The maximum atomic E-state index is 11.8. The third kappa shape index (κ3) is 6.72. The van der Waals surface area contributed by atoms with Crippen LogP contribution in [0.15, 0.2) is 0 Å². The summed E-state index contributed by atoms with van der Waals surface area (Å²) < 4.78 is 0. The predicted molar refractivity (Wildman–Crippen MR) is 70.4 cm³/mol. The first-order valence-corrected chi connectivity index (χ1v) is 6.27. The fourth-order valence-corrected chi connectivity index (χ4v) is 1.30. The van der Waals surface area contributed by atoms with Crippen molar-refractivity contribution in [1.29, 1.82) is 0 Å². The summed E-state index contributed by atoms with van der Waals surface area (Å²) in [5.41, 5.74) is 5.09. The second-order valence-electron chi connectivity index (χ2n) is 4.78. The molecule has 0 radical (unpaired) electrons. The van der Waals surface area contributed by atoms with Crippen molar-refractivity contribution in [2.24, 2.45) is 11.7 Å². The average molecular weight is 287 g/mol. The largest absolute Gasteiger partial charge is 0.481 e. The molecule has 0 fully saturated rings. The van der Waals surface area contributed by atoms with Crippen LogP contribution in [0.3, 0.4) is 0 Å². The third-order valence-electron chi connectivity index (χ3n) is 2.58. The Morgan fingerprint density at radius 3 is 2.00 bits per heavy atom. The number of nitrogens with one attached hydrogen (secondary N) is 2. The van der Waals surface area contributed by atoms with E-state index in [1.54, 1.807) is 13.8 Å². The van der Waals surface area contributed by atoms with Crippen LogP contribution in [0.1, 0.15) is 33.6 Å². The number of carboxylic acid groups (broad SMARTS) is 1. The van der Waals surface area contributed by atoms with E-state index in [0.29, 0.717) is 0 Å². The molecule has 2 atom stereocenters. The van der Waals surface area contributed by atoms with Gasteiger partial charge < -0.3 is 21.5 Å². The number of carbonyl (C=O) groups excluding carboxylic acids is 3. The first-order chi connectivity index (χ1) is 9.15. The van der Waals surface area contributed by atoms with Crippen molar-refractivity contribution in [2.75, 3.05) is 0 Å². The lowest BCUT2D eigenvalue weighted by Crippen LogP contribution is -2.52. The Hall–Kier alpha value is -2.12. The number of rotatable bonds is 8. The SMILES string of the molecule is CC(C)C(=O)N[C@@H](C)C(=O)N[C@H](CCC(=O)O)C(N)=O. The summed E-state index contributed by atoms with van der Waals surface area (Å²) in [7, 11) is 0. The molecule has 3 amide bonds. The van der Waals surface area contributed by atoms with Crippen LogP contribution >= 0.6 is 0 Å². The Balaban J connectivity index is 4.48. The monoisotopic (exact) mass is 287 g/mol. The van der Waals surface area contributed by atoms with Gasteiger partial charge in [0.1, 0.15) is 12.1 Å². The Labute approximate surface area is 117 Å².